The predicted molar refractivity (Wildman–Crippen MR) is 360 cm³/mol. The average molecular weight is 1140 g/mol. The van der Waals surface area contributed by atoms with Gasteiger partial charge in [0.1, 0.15) is 0 Å². The molecule has 10 heteroatoms. The molecule has 0 saturated heterocycles. The van der Waals surface area contributed by atoms with Gasteiger partial charge in [0.15, 0.2) is 0 Å². The number of fused-ring (bicyclic) bond motifs is 18. The van der Waals surface area contributed by atoms with Gasteiger partial charge in [-0.1, -0.05) is 133 Å². The third-order valence-electron chi connectivity index (χ3n) is 17.0. The van der Waals surface area contributed by atoms with Crippen molar-refractivity contribution in [2.24, 2.45) is 0 Å². The first-order valence-electron chi connectivity index (χ1n) is 28.0. The van der Waals surface area contributed by atoms with E-state index < -0.39 is 0 Å². The van der Waals surface area contributed by atoms with Gasteiger partial charge in [0.05, 0.1) is 44.8 Å². The first-order valence-corrected chi connectivity index (χ1v) is 31.3. The third kappa shape index (κ3) is 7.00. The minimum Gasteiger partial charge on any atom is -0.278 e. The van der Waals surface area contributed by atoms with Crippen molar-refractivity contribution in [1.29, 1.82) is 0 Å². The molecule has 0 saturated carbocycles. The summed E-state index contributed by atoms with van der Waals surface area (Å²) in [5, 5.41) is 14.3. The molecule has 8 heterocycles. The van der Waals surface area contributed by atoms with Crippen molar-refractivity contribution in [3.05, 3.63) is 243 Å². The van der Waals surface area contributed by atoms with Crippen molar-refractivity contribution in [2.45, 2.75) is 0 Å². The van der Waals surface area contributed by atoms with Gasteiger partial charge < -0.3 is 0 Å². The summed E-state index contributed by atoms with van der Waals surface area (Å²) >= 11 is 7.32. The first-order chi connectivity index (χ1) is 41.6. The van der Waals surface area contributed by atoms with E-state index in [0.717, 1.165) is 88.6 Å². The number of hydrogen-bond acceptors (Lipinski definition) is 8. The highest BCUT2D eigenvalue weighted by molar-refractivity contribution is 7.27. The lowest BCUT2D eigenvalue weighted by molar-refractivity contribution is 0.993. The molecule has 0 aliphatic heterocycles. The molecule has 0 amide bonds. The van der Waals surface area contributed by atoms with Crippen LogP contribution in [0.3, 0.4) is 0 Å². The Hall–Kier alpha value is -9.94. The Balaban J connectivity index is 0.853. The van der Waals surface area contributed by atoms with Gasteiger partial charge in [-0.3, -0.25) is 9.13 Å². The minimum atomic E-state index is 0.605. The van der Waals surface area contributed by atoms with Gasteiger partial charge in [-0.15, -0.1) is 45.3 Å². The van der Waals surface area contributed by atoms with E-state index in [1.165, 1.54) is 80.7 Å². The van der Waals surface area contributed by atoms with E-state index in [0.29, 0.717) is 11.9 Å². The number of benzene rings is 11. The van der Waals surface area contributed by atoms with E-state index in [4.69, 9.17) is 19.9 Å². The number of aromatic nitrogens is 6. The minimum absolute atomic E-state index is 0.605. The maximum atomic E-state index is 5.62. The molecule has 0 unspecified atom stereocenters. The Labute approximate surface area is 494 Å². The Morgan fingerprint density at radius 2 is 0.464 bits per heavy atom. The highest BCUT2D eigenvalue weighted by atomic mass is 32.1. The van der Waals surface area contributed by atoms with Gasteiger partial charge in [-0.2, -0.15) is 0 Å². The molecular formula is C74H40N6S4. The largest absolute Gasteiger partial charge is 0.278 e. The van der Waals surface area contributed by atoms with Gasteiger partial charge in [0.2, 0.25) is 11.9 Å². The molecule has 8 aromatic heterocycles. The summed E-state index contributed by atoms with van der Waals surface area (Å²) in [7, 11) is 0. The molecule has 0 bridgehead atoms. The van der Waals surface area contributed by atoms with E-state index in [9.17, 15) is 0 Å². The summed E-state index contributed by atoms with van der Waals surface area (Å²) in [6.45, 7) is 0. The molecule has 19 aromatic rings. The van der Waals surface area contributed by atoms with Crippen LogP contribution in [0.5, 0.6) is 0 Å². The maximum absolute atomic E-state index is 5.62. The number of nitrogens with zero attached hydrogens (tertiary/aromatic N) is 6. The van der Waals surface area contributed by atoms with Crippen LogP contribution < -0.4 is 0 Å². The lowest BCUT2D eigenvalue weighted by atomic mass is 10.0. The molecule has 0 aliphatic carbocycles. The topological polar surface area (TPSA) is 61.4 Å². The van der Waals surface area contributed by atoms with Crippen LogP contribution in [0.15, 0.2) is 243 Å². The monoisotopic (exact) mass is 1140 g/mol. The summed E-state index contributed by atoms with van der Waals surface area (Å²) in [5.74, 6) is 1.21. The lowest BCUT2D eigenvalue weighted by Crippen LogP contribution is -2.04. The van der Waals surface area contributed by atoms with Crippen LogP contribution in [-0.2, 0) is 0 Å². The van der Waals surface area contributed by atoms with Crippen LogP contribution in [0.25, 0.3) is 181 Å². The highest BCUT2D eigenvalue weighted by Crippen LogP contribution is 2.44. The van der Waals surface area contributed by atoms with Crippen molar-refractivity contribution in [3.63, 3.8) is 0 Å². The molecule has 11 aromatic carbocycles. The number of hydrogen-bond donors (Lipinski definition) is 0. The molecule has 84 heavy (non-hydrogen) atoms. The molecule has 0 aliphatic rings. The molecule has 6 nitrogen and oxygen atoms in total. The van der Waals surface area contributed by atoms with Gasteiger partial charge in [0, 0.05) is 124 Å². The Morgan fingerprint density at radius 1 is 0.202 bits per heavy atom. The molecule has 0 spiro atoms. The van der Waals surface area contributed by atoms with Gasteiger partial charge in [-0.05, 0) is 109 Å². The zero-order chi connectivity index (χ0) is 54.7. The Bertz CT molecular complexity index is 5400. The molecule has 0 radical (unpaired) electrons. The van der Waals surface area contributed by atoms with E-state index in [1.807, 2.05) is 45.3 Å². The van der Waals surface area contributed by atoms with E-state index in [-0.39, 0.29) is 0 Å². The van der Waals surface area contributed by atoms with Crippen molar-refractivity contribution in [3.8, 4) is 56.9 Å². The first kappa shape index (κ1) is 46.6. The maximum Gasteiger partial charge on any atom is 0.235 e. The van der Waals surface area contributed by atoms with Crippen LogP contribution in [0.1, 0.15) is 0 Å². The summed E-state index contributed by atoms with van der Waals surface area (Å²) in [5.41, 5.74) is 11.7. The van der Waals surface area contributed by atoms with Gasteiger partial charge >= 0.3 is 0 Å². The van der Waals surface area contributed by atoms with E-state index in [1.54, 1.807) is 0 Å². The fourth-order valence-corrected chi connectivity index (χ4v) is 17.4. The second-order valence-corrected chi connectivity index (χ2v) is 26.0. The Kier molecular flexibility index (Phi) is 9.87. The van der Waals surface area contributed by atoms with Crippen molar-refractivity contribution >= 4 is 170 Å². The van der Waals surface area contributed by atoms with Crippen molar-refractivity contribution in [1.82, 2.24) is 29.1 Å². The number of thiophene rings is 4. The van der Waals surface area contributed by atoms with Crippen LogP contribution in [0.2, 0.25) is 0 Å². The van der Waals surface area contributed by atoms with Crippen LogP contribution in [0, 0.1) is 0 Å². The SMILES string of the molecule is c1ccc2c(c1)sc1ccc(-c3cc(-c4ccc5sc6ccccc6c5c4)nc(-n4c5ccccc5c5cc6c(cc54)c4ccccc4n6-c4nc(-c5ccc6sc7ccccc7c6c5)cc(-c5ccc6sc7ccccc7c6c5)n4)n3)cc12. The normalized spacial score (nSPS) is 12.3. The molecule has 0 fully saturated rings. The quantitative estimate of drug-likeness (QED) is 0.166. The summed E-state index contributed by atoms with van der Waals surface area (Å²) < 4.78 is 14.7. The van der Waals surface area contributed by atoms with E-state index in [2.05, 4.69) is 252 Å². The van der Waals surface area contributed by atoms with Gasteiger partial charge in [0.25, 0.3) is 0 Å². The van der Waals surface area contributed by atoms with Crippen molar-refractivity contribution in [2.75, 3.05) is 0 Å². The molecule has 19 rings (SSSR count). The zero-order valence-corrected chi connectivity index (χ0v) is 47.7. The summed E-state index contributed by atoms with van der Waals surface area (Å²) in [6.07, 6.45) is 0. The predicted octanol–water partition coefficient (Wildman–Crippen LogP) is 21.6. The van der Waals surface area contributed by atoms with Crippen molar-refractivity contribution < 1.29 is 0 Å². The fourth-order valence-electron chi connectivity index (χ4n) is 13.1. The standard InChI is InChI=1S/C74H40N6S4/c1-7-19-61-45(13-1)51-37-64-52(38-63(51)79(61)73-75-57(41-25-29-69-53(33-41)47-15-3-9-21-65(47)81-69)39-58(76-73)42-26-30-70-54(34-42)48-16-4-10-22-66(48)82-70)46-14-2-8-20-62(46)80(64)74-77-59(43-27-31-71-55(35-43)49-17-5-11-23-67(49)83-71)40-60(78-74)44-28-32-72-56(36-44)50-18-6-12-24-68(50)84-72/h1-40H. The Morgan fingerprint density at radius 3 is 0.774 bits per heavy atom. The third-order valence-corrected chi connectivity index (χ3v) is 21.6. The highest BCUT2D eigenvalue weighted by Gasteiger charge is 2.24. The molecule has 390 valence electrons. The summed E-state index contributed by atoms with van der Waals surface area (Å²) in [4.78, 5) is 22.5. The second-order valence-electron chi connectivity index (χ2n) is 21.7. The number of para-hydroxylation sites is 2. The molecule has 0 atom stereocenters. The van der Waals surface area contributed by atoms with Crippen LogP contribution in [-0.4, -0.2) is 29.1 Å². The zero-order valence-electron chi connectivity index (χ0n) is 44.4. The molecule has 0 N–H and O–H groups in total. The number of rotatable bonds is 6. The van der Waals surface area contributed by atoms with Gasteiger partial charge in [-0.25, -0.2) is 19.9 Å². The fraction of sp³-hybridized carbons (Fsp3) is 0. The van der Waals surface area contributed by atoms with E-state index >= 15 is 0 Å². The smallest absolute Gasteiger partial charge is 0.235 e. The van der Waals surface area contributed by atoms with Crippen LogP contribution in [0.4, 0.5) is 0 Å². The second kappa shape index (κ2) is 17.8. The van der Waals surface area contributed by atoms with Crippen LogP contribution >= 0.6 is 45.3 Å². The molecular weight excluding hydrogens is 1100 g/mol. The average Bonchev–Trinajstić information content (AvgIpc) is 3.98. The lowest BCUT2D eigenvalue weighted by Gasteiger charge is -2.13. The summed E-state index contributed by atoms with van der Waals surface area (Å²) in [6, 6.07) is 88.4.